The van der Waals surface area contributed by atoms with Crippen LogP contribution in [-0.2, 0) is 9.84 Å². The molecular formula is C14H25NO2S. The maximum absolute atomic E-state index is 12.3. The van der Waals surface area contributed by atoms with E-state index in [-0.39, 0.29) is 11.3 Å². The molecule has 2 bridgehead atoms. The van der Waals surface area contributed by atoms with E-state index >= 15 is 0 Å². The second-order valence-corrected chi connectivity index (χ2v) is 8.89. The van der Waals surface area contributed by atoms with Crippen molar-refractivity contribution in [2.45, 2.75) is 56.2 Å². The quantitative estimate of drug-likeness (QED) is 0.854. The van der Waals surface area contributed by atoms with E-state index in [4.69, 9.17) is 0 Å². The van der Waals surface area contributed by atoms with E-state index in [9.17, 15) is 8.42 Å². The first-order valence-electron chi connectivity index (χ1n) is 7.50. The van der Waals surface area contributed by atoms with Crippen molar-refractivity contribution in [2.24, 2.45) is 17.8 Å². The van der Waals surface area contributed by atoms with Crippen LogP contribution in [0.5, 0.6) is 0 Å². The molecule has 104 valence electrons. The molecule has 0 aromatic rings. The van der Waals surface area contributed by atoms with Gasteiger partial charge in [-0.3, -0.25) is 0 Å². The fourth-order valence-corrected chi connectivity index (χ4v) is 7.01. The van der Waals surface area contributed by atoms with Gasteiger partial charge in [-0.2, -0.15) is 0 Å². The van der Waals surface area contributed by atoms with Gasteiger partial charge in [0.25, 0.3) is 0 Å². The Balaban J connectivity index is 1.79. The van der Waals surface area contributed by atoms with E-state index in [1.165, 1.54) is 25.7 Å². The molecule has 3 rings (SSSR count). The minimum atomic E-state index is -2.85. The minimum absolute atomic E-state index is 0.111. The largest absolute Gasteiger partial charge is 0.315 e. The summed E-state index contributed by atoms with van der Waals surface area (Å²) in [5.74, 6) is 2.72. The SMILES string of the molecule is CNC(C1CC2CCC1C2)C1CCCCS1(=O)=O. The highest BCUT2D eigenvalue weighted by molar-refractivity contribution is 7.92. The van der Waals surface area contributed by atoms with Gasteiger partial charge >= 0.3 is 0 Å². The molecule has 3 nitrogen and oxygen atoms in total. The molecule has 1 saturated heterocycles. The van der Waals surface area contributed by atoms with Gasteiger partial charge in [0.2, 0.25) is 0 Å². The van der Waals surface area contributed by atoms with Crippen LogP contribution in [0.25, 0.3) is 0 Å². The summed E-state index contributed by atoms with van der Waals surface area (Å²) in [4.78, 5) is 0. The summed E-state index contributed by atoms with van der Waals surface area (Å²) in [6, 6.07) is 0.214. The first kappa shape index (κ1) is 12.9. The van der Waals surface area contributed by atoms with E-state index < -0.39 is 9.84 Å². The van der Waals surface area contributed by atoms with Crippen LogP contribution in [0.2, 0.25) is 0 Å². The molecule has 2 saturated carbocycles. The van der Waals surface area contributed by atoms with Crippen molar-refractivity contribution >= 4 is 9.84 Å². The highest BCUT2D eigenvalue weighted by atomic mass is 32.2. The van der Waals surface area contributed by atoms with Crippen LogP contribution in [0.1, 0.15) is 44.9 Å². The summed E-state index contributed by atoms with van der Waals surface area (Å²) in [6.07, 6.45) is 8.17. The number of nitrogens with one attached hydrogen (secondary N) is 1. The predicted molar refractivity (Wildman–Crippen MR) is 73.2 cm³/mol. The van der Waals surface area contributed by atoms with E-state index in [1.54, 1.807) is 0 Å². The van der Waals surface area contributed by atoms with E-state index in [1.807, 2.05) is 7.05 Å². The van der Waals surface area contributed by atoms with Crippen LogP contribution in [0, 0.1) is 17.8 Å². The average molecular weight is 271 g/mol. The second-order valence-electron chi connectivity index (χ2n) is 6.55. The molecule has 1 aliphatic heterocycles. The number of sulfone groups is 1. The van der Waals surface area contributed by atoms with E-state index in [0.29, 0.717) is 11.7 Å². The van der Waals surface area contributed by atoms with Crippen LogP contribution < -0.4 is 5.32 Å². The van der Waals surface area contributed by atoms with Crippen molar-refractivity contribution in [3.63, 3.8) is 0 Å². The molecule has 0 amide bonds. The Morgan fingerprint density at radius 3 is 2.50 bits per heavy atom. The third-order valence-corrected chi connectivity index (χ3v) is 7.93. The molecule has 0 radical (unpaired) electrons. The molecule has 3 fully saturated rings. The van der Waals surface area contributed by atoms with Crippen molar-refractivity contribution in [3.8, 4) is 0 Å². The number of rotatable bonds is 3. The third kappa shape index (κ3) is 2.11. The van der Waals surface area contributed by atoms with E-state index in [0.717, 1.165) is 31.1 Å². The summed E-state index contributed by atoms with van der Waals surface area (Å²) in [5, 5.41) is 3.26. The Bertz CT molecular complexity index is 406. The smallest absolute Gasteiger partial charge is 0.154 e. The molecule has 0 aromatic heterocycles. The molecule has 18 heavy (non-hydrogen) atoms. The zero-order valence-electron chi connectivity index (χ0n) is 11.3. The fourth-order valence-electron chi connectivity index (χ4n) is 4.79. The molecular weight excluding hydrogens is 246 g/mol. The van der Waals surface area contributed by atoms with Gasteiger partial charge < -0.3 is 5.32 Å². The zero-order valence-corrected chi connectivity index (χ0v) is 12.1. The van der Waals surface area contributed by atoms with Crippen molar-refractivity contribution in [1.82, 2.24) is 5.32 Å². The van der Waals surface area contributed by atoms with Crippen LogP contribution >= 0.6 is 0 Å². The standard InChI is InChI=1S/C14H25NO2S/c1-15-14(12-9-10-5-6-11(12)8-10)13-4-2-3-7-18(13,16)17/h10-15H,2-9H2,1H3. The van der Waals surface area contributed by atoms with Crippen molar-refractivity contribution < 1.29 is 8.42 Å². The number of fused-ring (bicyclic) bond motifs is 2. The van der Waals surface area contributed by atoms with Crippen molar-refractivity contribution in [3.05, 3.63) is 0 Å². The van der Waals surface area contributed by atoms with Crippen molar-refractivity contribution in [1.29, 1.82) is 0 Å². The summed E-state index contributed by atoms with van der Waals surface area (Å²) in [6.45, 7) is 0. The lowest BCUT2D eigenvalue weighted by Crippen LogP contribution is -2.50. The maximum atomic E-state index is 12.3. The minimum Gasteiger partial charge on any atom is -0.315 e. The molecule has 5 atom stereocenters. The predicted octanol–water partition coefficient (Wildman–Crippen LogP) is 1.98. The molecule has 3 aliphatic rings. The van der Waals surface area contributed by atoms with Gasteiger partial charge in [-0.15, -0.1) is 0 Å². The lowest BCUT2D eigenvalue weighted by atomic mass is 9.81. The van der Waals surface area contributed by atoms with Crippen LogP contribution in [-0.4, -0.2) is 32.5 Å². The van der Waals surface area contributed by atoms with Crippen LogP contribution in [0.15, 0.2) is 0 Å². The lowest BCUT2D eigenvalue weighted by molar-refractivity contribution is 0.242. The summed E-state index contributed by atoms with van der Waals surface area (Å²) in [7, 11) is -0.892. The molecule has 4 heteroatoms. The summed E-state index contributed by atoms with van der Waals surface area (Å²) >= 11 is 0. The van der Waals surface area contributed by atoms with Crippen LogP contribution in [0.3, 0.4) is 0 Å². The van der Waals surface area contributed by atoms with Gasteiger partial charge in [-0.1, -0.05) is 12.8 Å². The molecule has 0 aromatic carbocycles. The molecule has 5 unspecified atom stereocenters. The summed E-state index contributed by atoms with van der Waals surface area (Å²) in [5.41, 5.74) is 0. The monoisotopic (exact) mass is 271 g/mol. The van der Waals surface area contributed by atoms with Gasteiger partial charge in [-0.05, 0) is 56.9 Å². The van der Waals surface area contributed by atoms with Gasteiger partial charge in [-0.25, -0.2) is 8.42 Å². The fraction of sp³-hybridized carbons (Fsp3) is 1.00. The molecule has 1 heterocycles. The van der Waals surface area contributed by atoms with Gasteiger partial charge in [0.15, 0.2) is 9.84 Å². The normalized spacial score (nSPS) is 44.1. The Morgan fingerprint density at radius 2 is 1.94 bits per heavy atom. The first-order valence-corrected chi connectivity index (χ1v) is 9.22. The third-order valence-electron chi connectivity index (χ3n) is 5.62. The van der Waals surface area contributed by atoms with Gasteiger partial charge in [0.05, 0.1) is 11.0 Å². The highest BCUT2D eigenvalue weighted by Crippen LogP contribution is 2.50. The van der Waals surface area contributed by atoms with Gasteiger partial charge in [0, 0.05) is 6.04 Å². The Hall–Kier alpha value is -0.0900. The first-order chi connectivity index (χ1) is 8.62. The van der Waals surface area contributed by atoms with Gasteiger partial charge in [0.1, 0.15) is 0 Å². The lowest BCUT2D eigenvalue weighted by Gasteiger charge is -2.37. The van der Waals surface area contributed by atoms with E-state index in [2.05, 4.69) is 5.32 Å². The number of hydrogen-bond acceptors (Lipinski definition) is 3. The molecule has 1 N–H and O–H groups in total. The maximum Gasteiger partial charge on any atom is 0.154 e. The Labute approximate surface area is 111 Å². The molecule has 2 aliphatic carbocycles. The topological polar surface area (TPSA) is 46.2 Å². The molecule has 0 spiro atoms. The zero-order chi connectivity index (χ0) is 12.8. The Morgan fingerprint density at radius 1 is 1.11 bits per heavy atom. The highest BCUT2D eigenvalue weighted by Gasteiger charge is 2.47. The van der Waals surface area contributed by atoms with Crippen LogP contribution in [0.4, 0.5) is 0 Å². The Kier molecular flexibility index (Phi) is 3.43. The summed E-state index contributed by atoms with van der Waals surface area (Å²) < 4.78 is 24.6. The van der Waals surface area contributed by atoms with Crippen molar-refractivity contribution in [2.75, 3.05) is 12.8 Å². The average Bonchev–Trinajstić information content (AvgIpc) is 2.94. The number of hydrogen-bond donors (Lipinski definition) is 1. The second kappa shape index (κ2) is 4.78.